The molecule has 0 unspecified atom stereocenters. The number of hydrogen-bond donors (Lipinski definition) is 0. The van der Waals surface area contributed by atoms with Gasteiger partial charge in [0.25, 0.3) is 0 Å². The minimum atomic E-state index is 0.944. The summed E-state index contributed by atoms with van der Waals surface area (Å²) in [6.07, 6.45) is 10.7. The normalized spacial score (nSPS) is 11.8. The van der Waals surface area contributed by atoms with Crippen molar-refractivity contribution in [3.8, 4) is 61.6 Å². The van der Waals surface area contributed by atoms with Crippen molar-refractivity contribution in [2.24, 2.45) is 0 Å². The Kier molecular flexibility index (Phi) is 16.5. The van der Waals surface area contributed by atoms with E-state index < -0.39 is 0 Å². The lowest BCUT2D eigenvalue weighted by Crippen LogP contribution is -1.95. The van der Waals surface area contributed by atoms with Crippen molar-refractivity contribution in [3.05, 3.63) is 431 Å². The molecule has 0 aliphatic heterocycles. The second-order valence-corrected chi connectivity index (χ2v) is 32.3. The molecule has 580 valence electrons. The van der Waals surface area contributed by atoms with E-state index in [0.29, 0.717) is 0 Å². The maximum Gasteiger partial charge on any atom is 0.0971 e. The fraction of sp³-hybridized carbons (Fsp3) is 0. The summed E-state index contributed by atoms with van der Waals surface area (Å²) >= 11 is 0. The second kappa shape index (κ2) is 29.0. The van der Waals surface area contributed by atoms with Gasteiger partial charge >= 0.3 is 0 Å². The predicted molar refractivity (Wildman–Crippen MR) is 523 cm³/mol. The van der Waals surface area contributed by atoms with Crippen LogP contribution in [0.25, 0.3) is 246 Å². The molecule has 6 aromatic heterocycles. The summed E-state index contributed by atoms with van der Waals surface area (Å²) in [7, 11) is 0. The smallest absolute Gasteiger partial charge is 0.0971 e. The first-order valence-corrected chi connectivity index (χ1v) is 42.4. The van der Waals surface area contributed by atoms with Crippen LogP contribution in [-0.4, -0.2) is 43.6 Å². The van der Waals surface area contributed by atoms with E-state index in [4.69, 9.17) is 19.9 Å². The molecule has 125 heavy (non-hydrogen) atoms. The monoisotopic (exact) mass is 1590 g/mol. The molecule has 0 bridgehead atoms. The molecule has 0 amide bonds. The van der Waals surface area contributed by atoms with Gasteiger partial charge in [0, 0.05) is 119 Å². The Morgan fingerprint density at radius 2 is 0.416 bits per heavy atom. The van der Waals surface area contributed by atoms with E-state index in [1.54, 1.807) is 37.2 Å². The highest BCUT2D eigenvalue weighted by molar-refractivity contribution is 6.27. The van der Waals surface area contributed by atoms with Crippen molar-refractivity contribution >= 4 is 185 Å². The van der Waals surface area contributed by atoms with Crippen molar-refractivity contribution in [1.29, 1.82) is 0 Å². The zero-order valence-electron chi connectivity index (χ0n) is 67.5. The fourth-order valence-electron chi connectivity index (χ4n) is 20.0. The molecule has 6 heterocycles. The molecule has 0 aliphatic rings. The first kappa shape index (κ1) is 71.1. The number of aromatic nitrogens is 9. The van der Waals surface area contributed by atoms with Crippen molar-refractivity contribution in [2.75, 3.05) is 0 Å². The number of para-hydroxylation sites is 6. The molecule has 0 aliphatic carbocycles. The highest BCUT2D eigenvalue weighted by Crippen LogP contribution is 2.45. The summed E-state index contributed by atoms with van der Waals surface area (Å²) in [6, 6.07) is 142. The molecule has 27 rings (SSSR count). The average molecular weight is 1590 g/mol. The molecule has 0 radical (unpaired) electrons. The molecule has 0 spiro atoms. The maximum atomic E-state index is 4.74. The molecule has 0 saturated carbocycles. The van der Waals surface area contributed by atoms with Gasteiger partial charge in [0.15, 0.2) is 0 Å². The Bertz CT molecular complexity index is 8870. The Hall–Kier alpha value is -16.9. The number of hydrogen-bond acceptors (Lipinski definition) is 6. The van der Waals surface area contributed by atoms with Gasteiger partial charge in [-0.05, 0) is 184 Å². The molecule has 0 fully saturated rings. The standard InChI is InChI=1S/C40H25N3.2C38H23N3/c1-2-10-34-31(7-1)36-25-29(19-22-35(36)40-39(34)41-23-24-42-40)28-15-13-26(14-16-28)27-17-20-30(21-18-27)43-37-11-5-3-8-32(37)33-9-4-6-12-38(33)43;1-2-12-31-27(9-1)33-23-24(19-20-32(33)38-37(31)39-21-22-40-38)25-13-7-15-28-26(25)14-8-18-36(28)41-34-16-5-3-10-29(34)30-11-4-6-17-35(30)41;1-2-10-32-29(7-1)34-23-26(16-18-33(34)38-37(32)39-19-20-40-38)25-14-13-24-15-17-28(22-27(24)21-25)41-35-11-5-3-8-30(35)31-9-4-6-12-36(31)41/h1-25H;2*1-23H. The summed E-state index contributed by atoms with van der Waals surface area (Å²) in [4.78, 5) is 28.2. The Morgan fingerprint density at radius 3 is 0.840 bits per heavy atom. The average Bonchev–Trinajstić information content (AvgIpc) is 1.74. The lowest BCUT2D eigenvalue weighted by Gasteiger charge is -2.15. The summed E-state index contributed by atoms with van der Waals surface area (Å²) in [5, 5.41) is 26.5. The lowest BCUT2D eigenvalue weighted by molar-refractivity contribution is 1.18. The zero-order valence-corrected chi connectivity index (χ0v) is 67.5. The van der Waals surface area contributed by atoms with Crippen molar-refractivity contribution < 1.29 is 0 Å². The molecule has 21 aromatic carbocycles. The largest absolute Gasteiger partial charge is 0.309 e. The fourth-order valence-corrected chi connectivity index (χ4v) is 20.0. The lowest BCUT2D eigenvalue weighted by atomic mass is 9.93. The molecular weight excluding hydrogens is 1520 g/mol. The van der Waals surface area contributed by atoms with E-state index in [-0.39, 0.29) is 0 Å². The van der Waals surface area contributed by atoms with Crippen LogP contribution in [0.4, 0.5) is 0 Å². The highest BCUT2D eigenvalue weighted by Gasteiger charge is 2.21. The van der Waals surface area contributed by atoms with Crippen molar-refractivity contribution in [3.63, 3.8) is 0 Å². The van der Waals surface area contributed by atoms with Gasteiger partial charge in [-0.1, -0.05) is 303 Å². The third kappa shape index (κ3) is 11.6. The summed E-state index contributed by atoms with van der Waals surface area (Å²) in [5.41, 5.74) is 26.1. The van der Waals surface area contributed by atoms with E-state index in [2.05, 4.69) is 418 Å². The molecule has 27 aromatic rings. The molecule has 9 nitrogen and oxygen atoms in total. The minimum Gasteiger partial charge on any atom is -0.309 e. The summed E-state index contributed by atoms with van der Waals surface area (Å²) in [5.74, 6) is 0. The predicted octanol–water partition coefficient (Wildman–Crippen LogP) is 30.1. The first-order chi connectivity index (χ1) is 62.0. The molecule has 0 atom stereocenters. The van der Waals surface area contributed by atoms with Crippen molar-refractivity contribution in [1.82, 2.24) is 43.6 Å². The van der Waals surface area contributed by atoms with E-state index >= 15 is 0 Å². The first-order valence-electron chi connectivity index (χ1n) is 42.4. The molecule has 0 N–H and O–H groups in total. The Labute approximate surface area is 716 Å². The van der Waals surface area contributed by atoms with E-state index in [9.17, 15) is 0 Å². The van der Waals surface area contributed by atoms with Crippen LogP contribution >= 0.6 is 0 Å². The minimum absolute atomic E-state index is 0.944. The number of rotatable bonds is 7. The van der Waals surface area contributed by atoms with Crippen LogP contribution in [0.15, 0.2) is 431 Å². The van der Waals surface area contributed by atoms with Gasteiger partial charge in [-0.2, -0.15) is 0 Å². The van der Waals surface area contributed by atoms with Crippen LogP contribution in [-0.2, 0) is 0 Å². The van der Waals surface area contributed by atoms with Crippen LogP contribution in [0.2, 0.25) is 0 Å². The van der Waals surface area contributed by atoms with Crippen LogP contribution < -0.4 is 0 Å². The van der Waals surface area contributed by atoms with Gasteiger partial charge in [0.05, 0.1) is 71.9 Å². The van der Waals surface area contributed by atoms with Gasteiger partial charge in [0.2, 0.25) is 0 Å². The van der Waals surface area contributed by atoms with Gasteiger partial charge < -0.3 is 13.7 Å². The number of nitrogens with zero attached hydrogens (tertiary/aromatic N) is 9. The van der Waals surface area contributed by atoms with Gasteiger partial charge in [0.1, 0.15) is 0 Å². The zero-order chi connectivity index (χ0) is 82.2. The van der Waals surface area contributed by atoms with Crippen molar-refractivity contribution in [2.45, 2.75) is 0 Å². The maximum absolute atomic E-state index is 4.74. The third-order valence-corrected chi connectivity index (χ3v) is 25.6. The number of fused-ring (bicyclic) bond motifs is 29. The summed E-state index contributed by atoms with van der Waals surface area (Å²) in [6.45, 7) is 0. The van der Waals surface area contributed by atoms with Gasteiger partial charge in [-0.15, -0.1) is 0 Å². The highest BCUT2D eigenvalue weighted by atomic mass is 15.0. The van der Waals surface area contributed by atoms with Crippen LogP contribution in [0, 0.1) is 0 Å². The SMILES string of the molecule is c1cc(-n2c3ccccc3c3ccccc32)c2cccc(-c3ccc4c(c3)c3ccccc3c3nccnc43)c2c1.c1ccc2c(c1)c1cc(-c3ccc(-c4ccc(-n5c6ccccc6c6ccccc65)cc4)cc3)ccc1c1nccnc21.c1ccc2c(c1)c1cc(-c3ccc4ccc(-n5c6ccccc6c6ccccc65)cc4c3)ccc1c1nccnc21. The quantitative estimate of drug-likeness (QED) is 0.148. The molecule has 9 heteroatoms. The summed E-state index contributed by atoms with van der Waals surface area (Å²) < 4.78 is 7.15. The Morgan fingerprint density at radius 1 is 0.144 bits per heavy atom. The number of benzene rings is 21. The topological polar surface area (TPSA) is 92.1 Å². The molecular formula is C116H71N9. The third-order valence-electron chi connectivity index (χ3n) is 25.6. The Balaban J connectivity index is 0.000000103. The van der Waals surface area contributed by atoms with Gasteiger partial charge in [-0.3, -0.25) is 29.9 Å². The van der Waals surface area contributed by atoms with E-state index in [1.807, 2.05) is 0 Å². The van der Waals surface area contributed by atoms with E-state index in [1.165, 1.54) is 181 Å². The van der Waals surface area contributed by atoms with Gasteiger partial charge in [-0.25, -0.2) is 0 Å². The van der Waals surface area contributed by atoms with Crippen LogP contribution in [0.1, 0.15) is 0 Å². The molecule has 0 saturated heterocycles. The van der Waals surface area contributed by atoms with Crippen LogP contribution in [0.5, 0.6) is 0 Å². The van der Waals surface area contributed by atoms with E-state index in [0.717, 1.165) is 65.4 Å². The second-order valence-electron chi connectivity index (χ2n) is 32.3. The van der Waals surface area contributed by atoms with Crippen LogP contribution in [0.3, 0.4) is 0 Å².